The van der Waals surface area contributed by atoms with Crippen LogP contribution in [0.2, 0.25) is 0 Å². The lowest BCUT2D eigenvalue weighted by Gasteiger charge is -2.37. The highest BCUT2D eigenvalue weighted by Gasteiger charge is 2.41. The van der Waals surface area contributed by atoms with E-state index in [0.29, 0.717) is 19.3 Å². The van der Waals surface area contributed by atoms with E-state index in [0.717, 1.165) is 38.8 Å². The molecule has 3 aliphatic rings. The Morgan fingerprint density at radius 3 is 2.38 bits per heavy atom. The Bertz CT molecular complexity index is 275. The van der Waals surface area contributed by atoms with Crippen LogP contribution >= 0.6 is 0 Å². The molecule has 1 N–H and O–H groups in total. The van der Waals surface area contributed by atoms with E-state index in [1.807, 2.05) is 4.90 Å². The molecule has 0 aromatic carbocycles. The second-order valence-corrected chi connectivity index (χ2v) is 4.82. The number of urea groups is 1. The van der Waals surface area contributed by atoms with Gasteiger partial charge in [-0.25, -0.2) is 4.79 Å². The molecule has 1 saturated carbocycles. The SMILES string of the molecule is O=C(NC1CC1)N1CCC2(CC1)OCCO2. The fraction of sp³-hybridized carbons (Fsp3) is 0.909. The lowest BCUT2D eigenvalue weighted by molar-refractivity contribution is -0.181. The quantitative estimate of drug-likeness (QED) is 0.716. The largest absolute Gasteiger partial charge is 0.347 e. The Kier molecular flexibility index (Phi) is 2.52. The van der Waals surface area contributed by atoms with Gasteiger partial charge in [0.05, 0.1) is 13.2 Å². The molecule has 2 amide bonds. The maximum absolute atomic E-state index is 11.8. The van der Waals surface area contributed by atoms with E-state index in [4.69, 9.17) is 9.47 Å². The number of hydrogen-bond acceptors (Lipinski definition) is 3. The molecule has 1 aliphatic carbocycles. The molecule has 0 radical (unpaired) electrons. The fourth-order valence-corrected chi connectivity index (χ4v) is 2.33. The van der Waals surface area contributed by atoms with Gasteiger partial charge in [0, 0.05) is 32.0 Å². The summed E-state index contributed by atoms with van der Waals surface area (Å²) in [5, 5.41) is 3.01. The van der Waals surface area contributed by atoms with Gasteiger partial charge in [-0.15, -0.1) is 0 Å². The summed E-state index contributed by atoms with van der Waals surface area (Å²) in [5.41, 5.74) is 0. The summed E-state index contributed by atoms with van der Waals surface area (Å²) in [6, 6.07) is 0.512. The monoisotopic (exact) mass is 226 g/mol. The molecule has 3 fully saturated rings. The van der Waals surface area contributed by atoms with Crippen LogP contribution < -0.4 is 5.32 Å². The molecule has 5 heteroatoms. The van der Waals surface area contributed by atoms with Crippen LogP contribution in [0, 0.1) is 0 Å². The van der Waals surface area contributed by atoms with E-state index in [1.54, 1.807) is 0 Å². The minimum atomic E-state index is -0.379. The third-order valence-electron chi connectivity index (χ3n) is 3.53. The minimum Gasteiger partial charge on any atom is -0.347 e. The van der Waals surface area contributed by atoms with E-state index in [9.17, 15) is 4.79 Å². The number of hydrogen-bond donors (Lipinski definition) is 1. The van der Waals surface area contributed by atoms with E-state index in [1.165, 1.54) is 0 Å². The molecular formula is C11H18N2O3. The van der Waals surface area contributed by atoms with Gasteiger partial charge in [0.25, 0.3) is 0 Å². The number of nitrogens with one attached hydrogen (secondary N) is 1. The van der Waals surface area contributed by atoms with Crippen LogP contribution in [0.15, 0.2) is 0 Å². The van der Waals surface area contributed by atoms with E-state index < -0.39 is 0 Å². The molecule has 1 spiro atoms. The molecule has 3 rings (SSSR count). The second kappa shape index (κ2) is 3.89. The highest BCUT2D eigenvalue weighted by molar-refractivity contribution is 5.75. The van der Waals surface area contributed by atoms with Crippen molar-refractivity contribution in [1.82, 2.24) is 10.2 Å². The zero-order valence-electron chi connectivity index (χ0n) is 9.41. The number of carbonyl (C=O) groups is 1. The molecule has 0 aromatic heterocycles. The van der Waals surface area contributed by atoms with E-state index >= 15 is 0 Å². The van der Waals surface area contributed by atoms with Crippen LogP contribution in [-0.4, -0.2) is 49.1 Å². The van der Waals surface area contributed by atoms with Crippen LogP contribution in [0.5, 0.6) is 0 Å². The third-order valence-corrected chi connectivity index (χ3v) is 3.53. The first kappa shape index (κ1) is 10.4. The Labute approximate surface area is 95.1 Å². The summed E-state index contributed by atoms with van der Waals surface area (Å²) in [5.74, 6) is -0.379. The van der Waals surface area contributed by atoms with Crippen LogP contribution in [0.25, 0.3) is 0 Å². The number of likely N-dealkylation sites (tertiary alicyclic amines) is 1. The van der Waals surface area contributed by atoms with Crippen molar-refractivity contribution in [3.63, 3.8) is 0 Å². The van der Waals surface area contributed by atoms with E-state index in [-0.39, 0.29) is 11.8 Å². The third kappa shape index (κ3) is 2.01. The summed E-state index contributed by atoms with van der Waals surface area (Å²) in [4.78, 5) is 13.7. The van der Waals surface area contributed by atoms with Gasteiger partial charge in [-0.2, -0.15) is 0 Å². The highest BCUT2D eigenvalue weighted by atomic mass is 16.7. The van der Waals surface area contributed by atoms with Crippen molar-refractivity contribution in [3.05, 3.63) is 0 Å². The van der Waals surface area contributed by atoms with Gasteiger partial charge >= 0.3 is 6.03 Å². The summed E-state index contributed by atoms with van der Waals surface area (Å²) in [6.45, 7) is 2.85. The van der Waals surface area contributed by atoms with Crippen LogP contribution in [0.4, 0.5) is 4.79 Å². The first-order valence-corrected chi connectivity index (χ1v) is 6.11. The lowest BCUT2D eigenvalue weighted by Crippen LogP contribution is -2.50. The molecule has 0 unspecified atom stereocenters. The topological polar surface area (TPSA) is 50.8 Å². The fourth-order valence-electron chi connectivity index (χ4n) is 2.33. The zero-order chi connectivity index (χ0) is 11.0. The molecule has 0 bridgehead atoms. The highest BCUT2D eigenvalue weighted by Crippen LogP contribution is 2.31. The van der Waals surface area contributed by atoms with Gasteiger partial charge in [0.1, 0.15) is 0 Å². The number of carbonyl (C=O) groups excluding carboxylic acids is 1. The van der Waals surface area contributed by atoms with Gasteiger partial charge in [-0.05, 0) is 12.8 Å². The number of amides is 2. The van der Waals surface area contributed by atoms with E-state index in [2.05, 4.69) is 5.32 Å². The molecule has 5 nitrogen and oxygen atoms in total. The van der Waals surface area contributed by atoms with Crippen molar-refractivity contribution in [3.8, 4) is 0 Å². The maximum atomic E-state index is 11.8. The molecule has 90 valence electrons. The normalized spacial score (nSPS) is 28.4. The predicted molar refractivity (Wildman–Crippen MR) is 57.0 cm³/mol. The molecule has 2 aliphatic heterocycles. The average Bonchev–Trinajstić information content (AvgIpc) is 3.00. The smallest absolute Gasteiger partial charge is 0.317 e. The minimum absolute atomic E-state index is 0.0790. The van der Waals surface area contributed by atoms with Crippen molar-refractivity contribution in [2.75, 3.05) is 26.3 Å². The Morgan fingerprint density at radius 2 is 1.81 bits per heavy atom. The van der Waals surface area contributed by atoms with Gasteiger partial charge in [-0.3, -0.25) is 0 Å². The van der Waals surface area contributed by atoms with Crippen LogP contribution in [0.3, 0.4) is 0 Å². The Balaban J connectivity index is 1.51. The Hall–Kier alpha value is -0.810. The van der Waals surface area contributed by atoms with Crippen molar-refractivity contribution in [2.45, 2.75) is 37.5 Å². The molecule has 0 atom stereocenters. The molecular weight excluding hydrogens is 208 g/mol. The first-order chi connectivity index (χ1) is 7.77. The molecule has 0 aromatic rings. The van der Waals surface area contributed by atoms with Gasteiger partial charge < -0.3 is 19.7 Å². The number of piperidine rings is 1. The summed E-state index contributed by atoms with van der Waals surface area (Å²) >= 11 is 0. The lowest BCUT2D eigenvalue weighted by atomic mass is 10.0. The number of nitrogens with zero attached hydrogens (tertiary/aromatic N) is 1. The van der Waals surface area contributed by atoms with Gasteiger partial charge in [-0.1, -0.05) is 0 Å². The Morgan fingerprint density at radius 1 is 1.19 bits per heavy atom. The van der Waals surface area contributed by atoms with Crippen LogP contribution in [0.1, 0.15) is 25.7 Å². The first-order valence-electron chi connectivity index (χ1n) is 6.11. The molecule has 2 saturated heterocycles. The van der Waals surface area contributed by atoms with Gasteiger partial charge in [0.2, 0.25) is 0 Å². The molecule has 16 heavy (non-hydrogen) atoms. The standard InChI is InChI=1S/C11H18N2O3/c14-10(12-9-1-2-9)13-5-3-11(4-6-13)15-7-8-16-11/h9H,1-8H2,(H,12,14). The predicted octanol–water partition coefficient (Wildman–Crippen LogP) is 0.697. The summed E-state index contributed by atoms with van der Waals surface area (Å²) in [7, 11) is 0. The van der Waals surface area contributed by atoms with Gasteiger partial charge in [0.15, 0.2) is 5.79 Å². The average molecular weight is 226 g/mol. The number of ether oxygens (including phenoxy) is 2. The van der Waals surface area contributed by atoms with Crippen molar-refractivity contribution < 1.29 is 14.3 Å². The van der Waals surface area contributed by atoms with Crippen molar-refractivity contribution in [2.24, 2.45) is 0 Å². The number of rotatable bonds is 1. The maximum Gasteiger partial charge on any atom is 0.317 e. The molecule has 2 heterocycles. The zero-order valence-corrected chi connectivity index (χ0v) is 9.41. The van der Waals surface area contributed by atoms with Crippen LogP contribution in [-0.2, 0) is 9.47 Å². The summed E-state index contributed by atoms with van der Waals surface area (Å²) < 4.78 is 11.2. The van der Waals surface area contributed by atoms with Crippen molar-refractivity contribution >= 4 is 6.03 Å². The second-order valence-electron chi connectivity index (χ2n) is 4.82. The van der Waals surface area contributed by atoms with Crippen molar-refractivity contribution in [1.29, 1.82) is 0 Å². The summed E-state index contributed by atoms with van der Waals surface area (Å²) in [6.07, 6.45) is 3.86.